The van der Waals surface area contributed by atoms with Gasteiger partial charge in [0.05, 0.1) is 12.6 Å². The minimum atomic E-state index is -1.17. The van der Waals surface area contributed by atoms with Crippen molar-refractivity contribution in [3.05, 3.63) is 89.5 Å². The molecular weight excluding hydrogens is 520 g/mol. The highest BCUT2D eigenvalue weighted by Gasteiger charge is 2.38. The number of benzene rings is 3. The van der Waals surface area contributed by atoms with E-state index in [9.17, 15) is 19.5 Å². The van der Waals surface area contributed by atoms with Crippen LogP contribution in [0.4, 0.5) is 4.79 Å². The van der Waals surface area contributed by atoms with Gasteiger partial charge in [0.1, 0.15) is 23.4 Å². The lowest BCUT2D eigenvalue weighted by atomic mass is 9.93. The van der Waals surface area contributed by atoms with Crippen LogP contribution in [0.5, 0.6) is 5.75 Å². The van der Waals surface area contributed by atoms with Crippen LogP contribution in [0.25, 0.3) is 11.1 Å². The molecule has 1 aliphatic rings. The van der Waals surface area contributed by atoms with Gasteiger partial charge in [-0.25, -0.2) is 9.59 Å². The zero-order valence-electron chi connectivity index (χ0n) is 24.2. The highest BCUT2D eigenvalue weighted by atomic mass is 16.6. The number of carbonyl (C=O) groups excluding carboxylic acids is 2. The first kappa shape index (κ1) is 29.6. The summed E-state index contributed by atoms with van der Waals surface area (Å²) in [5, 5.41) is 12.7. The van der Waals surface area contributed by atoms with E-state index in [0.29, 0.717) is 5.75 Å². The summed E-state index contributed by atoms with van der Waals surface area (Å²) in [5.74, 6) is -1.02. The number of nitrogens with one attached hydrogen (secondary N) is 1. The van der Waals surface area contributed by atoms with Crippen LogP contribution in [0.1, 0.15) is 51.3 Å². The minimum Gasteiger partial charge on any atom is -0.491 e. The van der Waals surface area contributed by atoms with Crippen molar-refractivity contribution < 1.29 is 29.0 Å². The van der Waals surface area contributed by atoms with E-state index in [1.807, 2.05) is 86.6 Å². The lowest BCUT2D eigenvalue weighted by molar-refractivity contribution is -0.142. The molecule has 0 unspecified atom stereocenters. The van der Waals surface area contributed by atoms with Crippen LogP contribution in [0.3, 0.4) is 0 Å². The number of nitrogens with zero attached hydrogens (tertiary/aromatic N) is 1. The molecule has 0 saturated carbocycles. The summed E-state index contributed by atoms with van der Waals surface area (Å²) in [6, 6.07) is 21.0. The molecule has 0 spiro atoms. The van der Waals surface area contributed by atoms with Crippen LogP contribution in [-0.2, 0) is 33.7 Å². The Bertz CT molecular complexity index is 1380. The maximum Gasteiger partial charge on any atom is 0.411 e. The van der Waals surface area contributed by atoms with Crippen LogP contribution in [0.2, 0.25) is 0 Å². The van der Waals surface area contributed by atoms with Crippen molar-refractivity contribution in [3.63, 3.8) is 0 Å². The molecule has 0 aliphatic carbocycles. The van der Waals surface area contributed by atoms with Gasteiger partial charge < -0.3 is 19.9 Å². The lowest BCUT2D eigenvalue weighted by Crippen LogP contribution is -2.56. The van der Waals surface area contributed by atoms with Gasteiger partial charge in [-0.1, -0.05) is 60.7 Å². The van der Waals surface area contributed by atoms with Gasteiger partial charge in [0, 0.05) is 12.8 Å². The molecule has 0 fully saturated rings. The average Bonchev–Trinajstić information content (AvgIpc) is 2.91. The smallest absolute Gasteiger partial charge is 0.411 e. The number of aliphatic carboxylic acids is 1. The fourth-order valence-corrected chi connectivity index (χ4v) is 4.82. The number of carboxylic acid groups (broad SMARTS) is 1. The van der Waals surface area contributed by atoms with Crippen LogP contribution in [-0.4, -0.2) is 51.8 Å². The third-order valence-electron chi connectivity index (χ3n) is 6.73. The summed E-state index contributed by atoms with van der Waals surface area (Å²) in [4.78, 5) is 40.4. The fourth-order valence-electron chi connectivity index (χ4n) is 4.82. The Morgan fingerprint density at radius 2 is 1.61 bits per heavy atom. The Morgan fingerprint density at radius 3 is 2.22 bits per heavy atom. The Morgan fingerprint density at radius 1 is 0.951 bits per heavy atom. The van der Waals surface area contributed by atoms with Crippen molar-refractivity contribution in [1.29, 1.82) is 0 Å². The molecule has 2 N–H and O–H groups in total. The van der Waals surface area contributed by atoms with Crippen LogP contribution >= 0.6 is 0 Å². The third-order valence-corrected chi connectivity index (χ3v) is 6.73. The molecule has 216 valence electrons. The minimum absolute atomic E-state index is 0.0142. The van der Waals surface area contributed by atoms with E-state index in [-0.39, 0.29) is 25.5 Å². The quantitative estimate of drug-likeness (QED) is 0.372. The van der Waals surface area contributed by atoms with Gasteiger partial charge in [0.15, 0.2) is 0 Å². The normalized spacial score (nSPS) is 15.6. The number of amides is 2. The summed E-state index contributed by atoms with van der Waals surface area (Å²) in [6.45, 7) is 9.28. The average molecular weight is 559 g/mol. The molecular formula is C33H38N2O6. The molecule has 4 rings (SSSR count). The predicted molar refractivity (Wildman–Crippen MR) is 157 cm³/mol. The van der Waals surface area contributed by atoms with E-state index in [1.165, 1.54) is 4.90 Å². The van der Waals surface area contributed by atoms with E-state index >= 15 is 0 Å². The molecule has 1 aliphatic heterocycles. The second kappa shape index (κ2) is 12.5. The van der Waals surface area contributed by atoms with Gasteiger partial charge in [-0.05, 0) is 74.6 Å². The summed E-state index contributed by atoms with van der Waals surface area (Å²) in [6.07, 6.45) is -0.330. The van der Waals surface area contributed by atoms with E-state index in [2.05, 4.69) is 5.32 Å². The molecule has 0 bridgehead atoms. The van der Waals surface area contributed by atoms with Crippen LogP contribution in [0, 0.1) is 0 Å². The lowest BCUT2D eigenvalue weighted by Gasteiger charge is -2.37. The molecule has 8 heteroatoms. The van der Waals surface area contributed by atoms with E-state index < -0.39 is 35.7 Å². The number of hydrogen-bond donors (Lipinski definition) is 2. The van der Waals surface area contributed by atoms with Gasteiger partial charge >= 0.3 is 12.1 Å². The number of rotatable bonds is 8. The first-order valence-corrected chi connectivity index (χ1v) is 13.9. The third kappa shape index (κ3) is 7.87. The Balaban J connectivity index is 1.54. The molecule has 0 radical (unpaired) electrons. The maximum absolute atomic E-state index is 13.6. The summed E-state index contributed by atoms with van der Waals surface area (Å²) in [7, 11) is 0. The molecule has 3 aromatic rings. The number of carboxylic acids is 1. The fraction of sp³-hybridized carbons (Fsp3) is 0.364. The van der Waals surface area contributed by atoms with Crippen LogP contribution < -0.4 is 10.1 Å². The standard InChI is InChI=1S/C33H38N2O6/c1-21(2)40-27-16-15-25-19-29(35(20-26(25)18-27)32(39)41-33(3,4)5)30(36)34-28(31(37)38)17-22-11-13-24(14-12-22)23-9-7-6-8-10-23/h6-16,18,21,28-29H,17,19-20H2,1-5H3,(H,34,36)(H,37,38)/t28-,29-/m0/s1. The summed E-state index contributed by atoms with van der Waals surface area (Å²) in [5.41, 5.74) is 3.83. The van der Waals surface area contributed by atoms with Gasteiger partial charge in [0.25, 0.3) is 0 Å². The van der Waals surface area contributed by atoms with E-state index in [4.69, 9.17) is 9.47 Å². The maximum atomic E-state index is 13.6. The Labute approximate surface area is 241 Å². The van der Waals surface area contributed by atoms with Gasteiger partial charge in [-0.2, -0.15) is 0 Å². The molecule has 3 aromatic carbocycles. The van der Waals surface area contributed by atoms with Crippen molar-refractivity contribution in [3.8, 4) is 16.9 Å². The summed E-state index contributed by atoms with van der Waals surface area (Å²) >= 11 is 0. The molecule has 0 aromatic heterocycles. The van der Waals surface area contributed by atoms with E-state index in [1.54, 1.807) is 20.8 Å². The molecule has 1 heterocycles. The Hall–Kier alpha value is -4.33. The zero-order valence-corrected chi connectivity index (χ0v) is 24.2. The first-order valence-electron chi connectivity index (χ1n) is 13.9. The van der Waals surface area contributed by atoms with Crippen molar-refractivity contribution >= 4 is 18.0 Å². The first-order chi connectivity index (χ1) is 19.4. The van der Waals surface area contributed by atoms with E-state index in [0.717, 1.165) is 27.8 Å². The van der Waals surface area contributed by atoms with Crippen molar-refractivity contribution in [2.75, 3.05) is 0 Å². The van der Waals surface area contributed by atoms with Gasteiger partial charge in [-0.15, -0.1) is 0 Å². The van der Waals surface area contributed by atoms with Crippen molar-refractivity contribution in [2.24, 2.45) is 0 Å². The monoisotopic (exact) mass is 558 g/mol. The Kier molecular flexibility index (Phi) is 9.01. The van der Waals surface area contributed by atoms with Gasteiger partial charge in [-0.3, -0.25) is 9.69 Å². The molecule has 2 atom stereocenters. The topological polar surface area (TPSA) is 105 Å². The second-order valence-electron chi connectivity index (χ2n) is 11.6. The second-order valence-corrected chi connectivity index (χ2v) is 11.6. The SMILES string of the molecule is CC(C)Oc1ccc2c(c1)CN(C(=O)OC(C)(C)C)[C@H](C(=O)N[C@@H](Cc1ccc(-c3ccccc3)cc1)C(=O)O)C2. The van der Waals surface area contributed by atoms with Gasteiger partial charge in [0.2, 0.25) is 5.91 Å². The predicted octanol–water partition coefficient (Wildman–Crippen LogP) is 5.61. The molecule has 0 saturated heterocycles. The van der Waals surface area contributed by atoms with Crippen molar-refractivity contribution in [2.45, 2.75) is 77.8 Å². The highest BCUT2D eigenvalue weighted by Crippen LogP contribution is 2.29. The molecule has 2 amide bonds. The van der Waals surface area contributed by atoms with Crippen molar-refractivity contribution in [1.82, 2.24) is 10.2 Å². The molecule has 8 nitrogen and oxygen atoms in total. The zero-order chi connectivity index (χ0) is 29.7. The largest absolute Gasteiger partial charge is 0.491 e. The van der Waals surface area contributed by atoms with Crippen LogP contribution in [0.15, 0.2) is 72.8 Å². The number of ether oxygens (including phenoxy) is 2. The number of carbonyl (C=O) groups is 3. The number of fused-ring (bicyclic) bond motifs is 1. The summed E-state index contributed by atoms with van der Waals surface area (Å²) < 4.78 is 11.4. The number of hydrogen-bond acceptors (Lipinski definition) is 5. The highest BCUT2D eigenvalue weighted by molar-refractivity contribution is 5.90. The molecule has 41 heavy (non-hydrogen) atoms.